The molecule has 5 nitrogen and oxygen atoms in total. The Morgan fingerprint density at radius 2 is 1.86 bits per heavy atom. The van der Waals surface area contributed by atoms with Crippen LogP contribution in [-0.2, 0) is 0 Å². The zero-order chi connectivity index (χ0) is 19.2. The van der Waals surface area contributed by atoms with Crippen LogP contribution in [0.15, 0.2) is 54.9 Å². The molecule has 4 rings (SSSR count). The van der Waals surface area contributed by atoms with Gasteiger partial charge in [-0.15, -0.1) is 0 Å². The van der Waals surface area contributed by atoms with E-state index < -0.39 is 0 Å². The fraction of sp³-hybridized carbons (Fsp3) is 0.318. The lowest BCUT2D eigenvalue weighted by molar-refractivity contribution is 0.373. The third-order valence-corrected chi connectivity index (χ3v) is 5.34. The second-order valence-electron chi connectivity index (χ2n) is 7.19. The Hall–Kier alpha value is -2.66. The molecule has 0 atom stereocenters. The Balaban J connectivity index is 1.52. The molecule has 1 aliphatic rings. The van der Waals surface area contributed by atoms with Gasteiger partial charge < -0.3 is 10.6 Å². The van der Waals surface area contributed by atoms with E-state index >= 15 is 0 Å². The quantitative estimate of drug-likeness (QED) is 0.543. The van der Waals surface area contributed by atoms with Crippen molar-refractivity contribution >= 4 is 29.1 Å². The molecular weight excluding hydrogens is 370 g/mol. The fourth-order valence-electron chi connectivity index (χ4n) is 3.65. The smallest absolute Gasteiger partial charge is 0.227 e. The largest absolute Gasteiger partial charge is 0.369 e. The Labute approximate surface area is 170 Å². The van der Waals surface area contributed by atoms with Crippen LogP contribution in [0, 0.1) is 5.92 Å². The van der Waals surface area contributed by atoms with Crippen LogP contribution in [0.4, 0.5) is 17.5 Å². The summed E-state index contributed by atoms with van der Waals surface area (Å²) < 4.78 is 0. The number of halogens is 1. The number of aromatic nitrogens is 3. The maximum atomic E-state index is 6.06. The molecule has 0 amide bonds. The molecule has 6 heteroatoms. The van der Waals surface area contributed by atoms with Gasteiger partial charge in [0.2, 0.25) is 5.95 Å². The number of nitrogens with zero attached hydrogens (tertiary/aromatic N) is 3. The van der Waals surface area contributed by atoms with Crippen molar-refractivity contribution in [2.24, 2.45) is 5.92 Å². The van der Waals surface area contributed by atoms with Crippen LogP contribution >= 0.6 is 11.6 Å². The maximum absolute atomic E-state index is 6.06. The van der Waals surface area contributed by atoms with Gasteiger partial charge in [0.1, 0.15) is 5.82 Å². The maximum Gasteiger partial charge on any atom is 0.227 e. The van der Waals surface area contributed by atoms with E-state index in [1.165, 1.54) is 32.1 Å². The number of hydrogen-bond acceptors (Lipinski definition) is 5. The Morgan fingerprint density at radius 1 is 0.964 bits per heavy atom. The highest BCUT2D eigenvalue weighted by atomic mass is 35.5. The van der Waals surface area contributed by atoms with Crippen molar-refractivity contribution in [2.75, 3.05) is 17.2 Å². The summed E-state index contributed by atoms with van der Waals surface area (Å²) in [6, 6.07) is 13.4. The molecule has 2 aromatic heterocycles. The van der Waals surface area contributed by atoms with Crippen LogP contribution in [0.2, 0.25) is 5.02 Å². The summed E-state index contributed by atoms with van der Waals surface area (Å²) in [5.41, 5.74) is 2.67. The topological polar surface area (TPSA) is 62.7 Å². The summed E-state index contributed by atoms with van der Waals surface area (Å²) in [7, 11) is 0. The van der Waals surface area contributed by atoms with E-state index in [2.05, 4.69) is 25.6 Å². The van der Waals surface area contributed by atoms with Crippen molar-refractivity contribution in [1.82, 2.24) is 15.0 Å². The minimum absolute atomic E-state index is 0.529. The number of anilines is 3. The average Bonchev–Trinajstić information content (AvgIpc) is 2.73. The average molecular weight is 394 g/mol. The number of pyridine rings is 1. The van der Waals surface area contributed by atoms with Gasteiger partial charge in [0.05, 0.1) is 5.69 Å². The highest BCUT2D eigenvalue weighted by Crippen LogP contribution is 2.28. The van der Waals surface area contributed by atoms with Gasteiger partial charge in [-0.2, -0.15) is 0 Å². The molecule has 0 bridgehead atoms. The fourth-order valence-corrected chi connectivity index (χ4v) is 3.84. The Morgan fingerprint density at radius 3 is 2.71 bits per heavy atom. The predicted octanol–water partition coefficient (Wildman–Crippen LogP) is 5.93. The number of hydrogen-bond donors (Lipinski definition) is 2. The van der Waals surface area contributed by atoms with E-state index in [9.17, 15) is 0 Å². The number of rotatable bonds is 6. The van der Waals surface area contributed by atoms with Crippen LogP contribution in [0.1, 0.15) is 32.1 Å². The molecule has 0 radical (unpaired) electrons. The predicted molar refractivity (Wildman–Crippen MR) is 115 cm³/mol. The summed E-state index contributed by atoms with van der Waals surface area (Å²) in [6.07, 6.45) is 10.2. The van der Waals surface area contributed by atoms with Crippen molar-refractivity contribution < 1.29 is 0 Å². The molecule has 0 unspecified atom stereocenters. The first-order valence-corrected chi connectivity index (χ1v) is 10.2. The van der Waals surface area contributed by atoms with E-state index in [1.807, 2.05) is 48.7 Å². The third-order valence-electron chi connectivity index (χ3n) is 5.10. The highest BCUT2D eigenvalue weighted by Gasteiger charge is 2.15. The van der Waals surface area contributed by atoms with Crippen LogP contribution in [0.5, 0.6) is 0 Å². The molecule has 144 valence electrons. The number of nitrogens with one attached hydrogen (secondary N) is 2. The molecule has 1 aliphatic carbocycles. The van der Waals surface area contributed by atoms with Gasteiger partial charge in [0.15, 0.2) is 0 Å². The first kappa shape index (κ1) is 18.7. The summed E-state index contributed by atoms with van der Waals surface area (Å²) in [5, 5.41) is 7.43. The molecule has 0 aliphatic heterocycles. The molecule has 1 aromatic carbocycles. The van der Waals surface area contributed by atoms with Crippen LogP contribution in [0.25, 0.3) is 11.3 Å². The molecular formula is C22H24ClN5. The number of benzene rings is 1. The van der Waals surface area contributed by atoms with Gasteiger partial charge in [-0.05, 0) is 55.2 Å². The van der Waals surface area contributed by atoms with E-state index in [4.69, 9.17) is 11.6 Å². The van der Waals surface area contributed by atoms with E-state index in [0.717, 1.165) is 35.2 Å². The zero-order valence-electron chi connectivity index (χ0n) is 15.7. The highest BCUT2D eigenvalue weighted by molar-refractivity contribution is 6.30. The lowest BCUT2D eigenvalue weighted by atomic mass is 9.89. The zero-order valence-corrected chi connectivity index (χ0v) is 16.5. The van der Waals surface area contributed by atoms with Gasteiger partial charge in [-0.1, -0.05) is 36.9 Å². The molecule has 2 N–H and O–H groups in total. The molecule has 3 aromatic rings. The standard InChI is InChI=1S/C22H24ClN5/c23-17-8-4-9-18(14-17)27-22-25-13-11-20(28-22)19-10-5-12-24-21(19)26-15-16-6-2-1-3-7-16/h4-5,8-14,16H,1-3,6-7,15H2,(H,24,26)(H,25,27,28). The molecule has 28 heavy (non-hydrogen) atoms. The Kier molecular flexibility index (Phi) is 6.02. The molecule has 0 spiro atoms. The van der Waals surface area contributed by atoms with Crippen molar-refractivity contribution in [3.63, 3.8) is 0 Å². The second kappa shape index (κ2) is 9.02. The van der Waals surface area contributed by atoms with E-state index in [-0.39, 0.29) is 0 Å². The van der Waals surface area contributed by atoms with E-state index in [1.54, 1.807) is 6.20 Å². The second-order valence-corrected chi connectivity index (χ2v) is 7.62. The summed E-state index contributed by atoms with van der Waals surface area (Å²) >= 11 is 6.06. The summed E-state index contributed by atoms with van der Waals surface area (Å²) in [5.74, 6) is 2.14. The van der Waals surface area contributed by atoms with Gasteiger partial charge in [-0.3, -0.25) is 0 Å². The molecule has 0 saturated heterocycles. The minimum atomic E-state index is 0.529. The lowest BCUT2D eigenvalue weighted by Crippen LogP contribution is -2.18. The van der Waals surface area contributed by atoms with E-state index in [0.29, 0.717) is 11.0 Å². The third kappa shape index (κ3) is 4.78. The SMILES string of the molecule is Clc1cccc(Nc2nccc(-c3cccnc3NCC3CCCCC3)n2)c1. The van der Waals surface area contributed by atoms with Gasteiger partial charge in [0.25, 0.3) is 0 Å². The minimum Gasteiger partial charge on any atom is -0.369 e. The van der Waals surface area contributed by atoms with Crippen LogP contribution in [-0.4, -0.2) is 21.5 Å². The molecule has 1 saturated carbocycles. The molecule has 1 fully saturated rings. The van der Waals surface area contributed by atoms with Crippen molar-refractivity contribution in [3.8, 4) is 11.3 Å². The van der Waals surface area contributed by atoms with Crippen molar-refractivity contribution in [2.45, 2.75) is 32.1 Å². The normalized spacial score (nSPS) is 14.6. The van der Waals surface area contributed by atoms with Gasteiger partial charge in [0, 0.05) is 35.2 Å². The van der Waals surface area contributed by atoms with Crippen molar-refractivity contribution in [3.05, 3.63) is 59.9 Å². The van der Waals surface area contributed by atoms with Gasteiger partial charge in [-0.25, -0.2) is 15.0 Å². The molecule has 2 heterocycles. The monoisotopic (exact) mass is 393 g/mol. The van der Waals surface area contributed by atoms with Crippen LogP contribution < -0.4 is 10.6 Å². The van der Waals surface area contributed by atoms with Crippen LogP contribution in [0.3, 0.4) is 0 Å². The Bertz CT molecular complexity index is 924. The first-order chi connectivity index (χ1) is 13.8. The lowest BCUT2D eigenvalue weighted by Gasteiger charge is -2.22. The van der Waals surface area contributed by atoms with Crippen molar-refractivity contribution in [1.29, 1.82) is 0 Å². The summed E-state index contributed by atoms with van der Waals surface area (Å²) in [6.45, 7) is 0.961. The van der Waals surface area contributed by atoms with Gasteiger partial charge >= 0.3 is 0 Å². The summed E-state index contributed by atoms with van der Waals surface area (Å²) in [4.78, 5) is 13.6. The first-order valence-electron chi connectivity index (χ1n) is 9.83.